The van der Waals surface area contributed by atoms with E-state index in [0.717, 1.165) is 56.1 Å². The summed E-state index contributed by atoms with van der Waals surface area (Å²) in [6.07, 6.45) is -0.722. The number of rotatable bonds is 3. The van der Waals surface area contributed by atoms with Crippen LogP contribution in [0.25, 0.3) is 11.4 Å². The van der Waals surface area contributed by atoms with Crippen LogP contribution in [0.15, 0.2) is 53.6 Å². The smallest absolute Gasteiger partial charge is 0.359 e. The lowest BCUT2D eigenvalue weighted by molar-refractivity contribution is -0.137. The third-order valence-electron chi connectivity index (χ3n) is 6.90. The fourth-order valence-corrected chi connectivity index (χ4v) is 4.80. The molecule has 0 bridgehead atoms. The number of benzene rings is 2. The molecule has 0 saturated carbocycles. The molecule has 0 amide bonds. The average molecular weight is 468 g/mol. The number of hydrogen-bond acceptors (Lipinski definition) is 4. The Bertz CT molecular complexity index is 1170. The Morgan fingerprint density at radius 3 is 2.18 bits per heavy atom. The highest BCUT2D eigenvalue weighted by molar-refractivity contribution is 5.83. The third-order valence-corrected chi connectivity index (χ3v) is 6.90. The van der Waals surface area contributed by atoms with Crippen LogP contribution in [0.2, 0.25) is 0 Å². The number of likely N-dealkylation sites (tertiary alicyclic amines) is 1. The normalized spacial score (nSPS) is 17.1. The maximum Gasteiger partial charge on any atom is 0.416 e. The molecule has 3 heterocycles. The molecule has 5 rings (SSSR count). The molecule has 1 saturated heterocycles. The van der Waals surface area contributed by atoms with E-state index < -0.39 is 11.7 Å². The molecule has 3 aromatic rings. The molecule has 5 nitrogen and oxygen atoms in total. The molecule has 2 aliphatic heterocycles. The van der Waals surface area contributed by atoms with Crippen molar-refractivity contribution in [1.82, 2.24) is 19.8 Å². The predicted molar refractivity (Wildman–Crippen MR) is 126 cm³/mol. The zero-order valence-corrected chi connectivity index (χ0v) is 19.4. The molecule has 8 heteroatoms. The Balaban J connectivity index is 1.30. The summed E-state index contributed by atoms with van der Waals surface area (Å²) in [5, 5.41) is 13.3. The average Bonchev–Trinajstić information content (AvgIpc) is 3.27. The molecule has 1 aromatic heterocycles. The largest absolute Gasteiger partial charge is 0.416 e. The van der Waals surface area contributed by atoms with Gasteiger partial charge in [-0.2, -0.15) is 22.9 Å². The Kier molecular flexibility index (Phi) is 5.91. The van der Waals surface area contributed by atoms with Crippen LogP contribution in [0.3, 0.4) is 0 Å². The minimum Gasteiger partial charge on any atom is -0.359 e. The highest BCUT2D eigenvalue weighted by atomic mass is 19.4. The second kappa shape index (κ2) is 8.89. The van der Waals surface area contributed by atoms with Crippen LogP contribution < -0.4 is 0 Å². The number of hydrogen-bond donors (Lipinski definition) is 0. The number of halogens is 3. The van der Waals surface area contributed by atoms with Crippen molar-refractivity contribution in [3.63, 3.8) is 0 Å². The van der Waals surface area contributed by atoms with Crippen LogP contribution in [0.4, 0.5) is 13.2 Å². The molecule has 1 fully saturated rings. The highest BCUT2D eigenvalue weighted by Gasteiger charge is 2.31. The van der Waals surface area contributed by atoms with Crippen molar-refractivity contribution in [1.29, 1.82) is 0 Å². The van der Waals surface area contributed by atoms with Gasteiger partial charge in [-0.25, -0.2) is 0 Å². The first-order valence-electron chi connectivity index (χ1n) is 11.8. The fourth-order valence-electron chi connectivity index (χ4n) is 4.80. The van der Waals surface area contributed by atoms with E-state index in [1.807, 2.05) is 0 Å². The van der Waals surface area contributed by atoms with E-state index in [0.29, 0.717) is 29.6 Å². The lowest BCUT2D eigenvalue weighted by Crippen LogP contribution is -2.39. The van der Waals surface area contributed by atoms with Gasteiger partial charge in [-0.1, -0.05) is 50.2 Å². The molecule has 0 radical (unpaired) electrons. The summed E-state index contributed by atoms with van der Waals surface area (Å²) in [5.74, 6) is 3.29. The van der Waals surface area contributed by atoms with Crippen molar-refractivity contribution in [3.8, 4) is 11.4 Å². The Hall–Kier alpha value is -3.16. The first-order valence-corrected chi connectivity index (χ1v) is 11.8. The molecule has 0 N–H and O–H groups in total. The number of alkyl halides is 3. The molecule has 2 aromatic carbocycles. The van der Waals surface area contributed by atoms with Crippen LogP contribution in [0.1, 0.15) is 67.5 Å². The van der Waals surface area contributed by atoms with Crippen molar-refractivity contribution < 1.29 is 13.2 Å². The fraction of sp³-hybridized carbons (Fsp3) is 0.423. The van der Waals surface area contributed by atoms with Gasteiger partial charge < -0.3 is 4.90 Å². The van der Waals surface area contributed by atoms with Crippen molar-refractivity contribution >= 4 is 5.84 Å². The summed E-state index contributed by atoms with van der Waals surface area (Å²) in [4.78, 5) is 2.33. The van der Waals surface area contributed by atoms with Crippen LogP contribution in [0.5, 0.6) is 0 Å². The zero-order chi connectivity index (χ0) is 23.9. The Morgan fingerprint density at radius 1 is 0.882 bits per heavy atom. The van der Waals surface area contributed by atoms with Gasteiger partial charge in [-0.3, -0.25) is 0 Å². The highest BCUT2D eigenvalue weighted by Crippen LogP contribution is 2.32. The summed E-state index contributed by atoms with van der Waals surface area (Å²) >= 11 is 0. The van der Waals surface area contributed by atoms with E-state index >= 15 is 0 Å². The minimum absolute atomic E-state index is 0.473. The standard InChI is InChI=1S/C26H28F3N5/c1-17(2)18-3-5-19(6-4-18)20-13-15-33(16-14-20)24-12-11-23-30-31-25(34(23)32-24)21-7-9-22(10-8-21)26(27,28)29/h3-10,17,20H,11-16H2,1-2H3. The van der Waals surface area contributed by atoms with Gasteiger partial charge in [0.2, 0.25) is 0 Å². The number of aromatic nitrogens is 3. The van der Waals surface area contributed by atoms with E-state index in [1.54, 1.807) is 4.68 Å². The molecule has 178 valence electrons. The molecule has 0 unspecified atom stereocenters. The summed E-state index contributed by atoms with van der Waals surface area (Å²) in [6.45, 7) is 6.29. The Morgan fingerprint density at radius 2 is 1.56 bits per heavy atom. The molecule has 34 heavy (non-hydrogen) atoms. The van der Waals surface area contributed by atoms with Crippen molar-refractivity contribution in [2.75, 3.05) is 13.1 Å². The van der Waals surface area contributed by atoms with Gasteiger partial charge in [0.05, 0.1) is 5.56 Å². The zero-order valence-electron chi connectivity index (χ0n) is 19.4. The molecular weight excluding hydrogens is 439 g/mol. The molecule has 2 aliphatic rings. The van der Waals surface area contributed by atoms with Gasteiger partial charge >= 0.3 is 6.18 Å². The lowest BCUT2D eigenvalue weighted by atomic mass is 9.88. The lowest BCUT2D eigenvalue weighted by Gasteiger charge is -2.35. The first kappa shape index (κ1) is 22.6. The van der Waals surface area contributed by atoms with E-state index in [-0.39, 0.29) is 0 Å². The van der Waals surface area contributed by atoms with Gasteiger partial charge in [0, 0.05) is 31.5 Å². The van der Waals surface area contributed by atoms with E-state index in [2.05, 4.69) is 53.2 Å². The topological polar surface area (TPSA) is 46.3 Å². The van der Waals surface area contributed by atoms with Crippen LogP contribution in [0, 0.1) is 0 Å². The van der Waals surface area contributed by atoms with E-state index in [1.165, 1.54) is 23.3 Å². The summed E-state index contributed by atoms with van der Waals surface area (Å²) in [6, 6.07) is 14.0. The number of fused-ring (bicyclic) bond motifs is 1. The van der Waals surface area contributed by atoms with Crippen molar-refractivity contribution in [3.05, 3.63) is 71.0 Å². The minimum atomic E-state index is -4.36. The summed E-state index contributed by atoms with van der Waals surface area (Å²) in [7, 11) is 0. The predicted octanol–water partition coefficient (Wildman–Crippen LogP) is 6.07. The number of nitrogens with zero attached hydrogens (tertiary/aromatic N) is 5. The maximum atomic E-state index is 12.9. The quantitative estimate of drug-likeness (QED) is 0.469. The van der Waals surface area contributed by atoms with Crippen LogP contribution in [-0.4, -0.2) is 38.7 Å². The molecule has 0 spiro atoms. The number of amidine groups is 1. The van der Waals surface area contributed by atoms with Crippen LogP contribution >= 0.6 is 0 Å². The SMILES string of the molecule is CC(C)c1ccc(C2CCN(C3=Nn4c(nnc4-c4ccc(C(F)(F)F)cc4)CC3)CC2)cc1. The third kappa shape index (κ3) is 4.45. The molecule has 0 aliphatic carbocycles. The Labute approximate surface area is 197 Å². The van der Waals surface area contributed by atoms with Gasteiger partial charge in [-0.05, 0) is 47.9 Å². The number of aryl methyl sites for hydroxylation is 1. The van der Waals surface area contributed by atoms with Gasteiger partial charge in [0.1, 0.15) is 5.84 Å². The second-order valence-corrected chi connectivity index (χ2v) is 9.43. The number of piperidine rings is 1. The molecular formula is C26H28F3N5. The van der Waals surface area contributed by atoms with Gasteiger partial charge in [0.15, 0.2) is 11.6 Å². The molecule has 0 atom stereocenters. The summed E-state index contributed by atoms with van der Waals surface area (Å²) in [5.41, 5.74) is 2.66. The second-order valence-electron chi connectivity index (χ2n) is 9.43. The van der Waals surface area contributed by atoms with E-state index in [9.17, 15) is 13.2 Å². The maximum absolute atomic E-state index is 12.9. The van der Waals surface area contributed by atoms with Crippen molar-refractivity contribution in [2.24, 2.45) is 5.10 Å². The van der Waals surface area contributed by atoms with E-state index in [4.69, 9.17) is 5.10 Å². The summed E-state index contributed by atoms with van der Waals surface area (Å²) < 4.78 is 40.4. The van der Waals surface area contributed by atoms with Gasteiger partial charge in [-0.15, -0.1) is 10.2 Å². The van der Waals surface area contributed by atoms with Crippen molar-refractivity contribution in [2.45, 2.75) is 57.5 Å². The van der Waals surface area contributed by atoms with Gasteiger partial charge in [0.25, 0.3) is 0 Å². The van der Waals surface area contributed by atoms with Crippen LogP contribution in [-0.2, 0) is 12.6 Å². The first-order chi connectivity index (χ1) is 16.3. The monoisotopic (exact) mass is 467 g/mol.